The number of ether oxygens (including phenoxy) is 2. The van der Waals surface area contributed by atoms with Crippen LogP contribution in [0.25, 0.3) is 0 Å². The highest BCUT2D eigenvalue weighted by molar-refractivity contribution is 5.81. The number of benzene rings is 1. The van der Waals surface area contributed by atoms with E-state index < -0.39 is 0 Å². The maximum Gasteiger partial charge on any atom is 0.308 e. The van der Waals surface area contributed by atoms with Gasteiger partial charge in [0.15, 0.2) is 0 Å². The minimum Gasteiger partial charge on any atom is -0.496 e. The predicted molar refractivity (Wildman–Crippen MR) is 87.1 cm³/mol. The van der Waals surface area contributed by atoms with Crippen molar-refractivity contribution >= 4 is 18.5 Å². The Bertz CT molecular complexity index is 562. The molecule has 23 heavy (non-hydrogen) atoms. The molecule has 0 unspecified atom stereocenters. The van der Waals surface area contributed by atoms with E-state index in [0.717, 1.165) is 37.5 Å². The van der Waals surface area contributed by atoms with Gasteiger partial charge < -0.3 is 19.7 Å². The molecule has 0 bridgehead atoms. The molecule has 5 heteroatoms. The van der Waals surface area contributed by atoms with Gasteiger partial charge in [0.05, 0.1) is 19.6 Å². The lowest BCUT2D eigenvalue weighted by molar-refractivity contribution is -0.150. The van der Waals surface area contributed by atoms with Crippen molar-refractivity contribution in [3.05, 3.63) is 29.3 Å². The molecule has 2 rings (SSSR count). The monoisotopic (exact) mass is 317 g/mol. The summed E-state index contributed by atoms with van der Waals surface area (Å²) < 4.78 is 10.5. The minimum absolute atomic E-state index is 0.0702. The van der Waals surface area contributed by atoms with Crippen LogP contribution < -0.4 is 4.74 Å². The topological polar surface area (TPSA) is 76.5 Å². The molecule has 1 N–H and O–H groups in total. The van der Waals surface area contributed by atoms with Gasteiger partial charge in [-0.1, -0.05) is 6.07 Å². The second-order valence-corrected chi connectivity index (χ2v) is 5.89. The summed E-state index contributed by atoms with van der Waals surface area (Å²) in [4.78, 5) is 22.8. The van der Waals surface area contributed by atoms with E-state index in [9.17, 15) is 9.59 Å². The average Bonchev–Trinajstić information content (AvgIpc) is 2.61. The molecule has 1 aromatic carbocycles. The molecule has 0 aliphatic heterocycles. The van der Waals surface area contributed by atoms with Gasteiger partial charge in [-0.3, -0.25) is 4.79 Å². The van der Waals surface area contributed by atoms with E-state index in [1.807, 2.05) is 18.2 Å². The number of esters is 1. The zero-order valence-corrected chi connectivity index (χ0v) is 13.4. The predicted octanol–water partition coefficient (Wildman–Crippen LogP) is 2.78. The Kier molecular flexibility index (Phi) is 6.32. The molecule has 0 aromatic heterocycles. The van der Waals surface area contributed by atoms with Crippen molar-refractivity contribution in [2.24, 2.45) is 11.8 Å². The first-order chi connectivity index (χ1) is 11.2. The lowest BCUT2D eigenvalue weighted by Crippen LogP contribution is -2.24. The molecular formula is C18H23NO4. The van der Waals surface area contributed by atoms with Crippen molar-refractivity contribution in [1.29, 1.82) is 5.41 Å². The molecule has 0 spiro atoms. The number of carbonyl (C=O) groups is 2. The van der Waals surface area contributed by atoms with Gasteiger partial charge in [0.25, 0.3) is 0 Å². The molecule has 0 radical (unpaired) electrons. The Morgan fingerprint density at radius 3 is 2.65 bits per heavy atom. The molecule has 0 atom stereocenters. The molecule has 1 aromatic rings. The largest absolute Gasteiger partial charge is 0.496 e. The van der Waals surface area contributed by atoms with Crippen LogP contribution in [0.3, 0.4) is 0 Å². The molecule has 1 aliphatic carbocycles. The first kappa shape index (κ1) is 17.2. The van der Waals surface area contributed by atoms with E-state index in [2.05, 4.69) is 0 Å². The van der Waals surface area contributed by atoms with E-state index in [1.165, 1.54) is 6.21 Å². The highest BCUT2D eigenvalue weighted by Crippen LogP contribution is 2.28. The summed E-state index contributed by atoms with van der Waals surface area (Å²) in [5, 5.41) is 7.38. The van der Waals surface area contributed by atoms with Crippen molar-refractivity contribution in [3.63, 3.8) is 0 Å². The van der Waals surface area contributed by atoms with Gasteiger partial charge in [-0.25, -0.2) is 0 Å². The summed E-state index contributed by atoms with van der Waals surface area (Å²) in [7, 11) is 1.57. The Hall–Kier alpha value is -2.17. The van der Waals surface area contributed by atoms with Crippen molar-refractivity contribution in [2.45, 2.75) is 32.1 Å². The van der Waals surface area contributed by atoms with Gasteiger partial charge in [0.2, 0.25) is 0 Å². The first-order valence-electron chi connectivity index (χ1n) is 7.97. The van der Waals surface area contributed by atoms with Crippen molar-refractivity contribution < 1.29 is 19.1 Å². The summed E-state index contributed by atoms with van der Waals surface area (Å²) in [6.07, 6.45) is 5.90. The summed E-state index contributed by atoms with van der Waals surface area (Å²) in [5.41, 5.74) is 1.71. The molecule has 0 saturated heterocycles. The van der Waals surface area contributed by atoms with Crippen LogP contribution in [0.1, 0.15) is 36.8 Å². The third kappa shape index (κ3) is 4.65. The Labute approximate surface area is 136 Å². The van der Waals surface area contributed by atoms with Gasteiger partial charge in [-0.2, -0.15) is 0 Å². The van der Waals surface area contributed by atoms with Gasteiger partial charge in [-0.05, 0) is 43.4 Å². The highest BCUT2D eigenvalue weighted by Gasteiger charge is 2.26. The number of hydrogen-bond acceptors (Lipinski definition) is 5. The van der Waals surface area contributed by atoms with Crippen LogP contribution in [0.5, 0.6) is 5.75 Å². The fourth-order valence-corrected chi connectivity index (χ4v) is 2.93. The summed E-state index contributed by atoms with van der Waals surface area (Å²) in [6.45, 7) is 0.330. The van der Waals surface area contributed by atoms with Gasteiger partial charge >= 0.3 is 5.97 Å². The Morgan fingerprint density at radius 1 is 1.30 bits per heavy atom. The Balaban J connectivity index is 1.79. The van der Waals surface area contributed by atoms with Gasteiger partial charge in [-0.15, -0.1) is 0 Å². The Morgan fingerprint density at radius 2 is 2.04 bits per heavy atom. The molecule has 5 nitrogen and oxygen atoms in total. The SMILES string of the molecule is COc1ccc(CCOC(=O)C2CCC(C=O)CC2)cc1C=N. The van der Waals surface area contributed by atoms with Gasteiger partial charge in [0, 0.05) is 24.1 Å². The second-order valence-electron chi connectivity index (χ2n) is 5.89. The van der Waals surface area contributed by atoms with Gasteiger partial charge in [0.1, 0.15) is 12.0 Å². The number of rotatable bonds is 7. The third-order valence-electron chi connectivity index (χ3n) is 4.38. The maximum atomic E-state index is 12.0. The molecule has 1 saturated carbocycles. The summed E-state index contributed by atoms with van der Waals surface area (Å²) in [5.74, 6) is 0.542. The molecule has 124 valence electrons. The van der Waals surface area contributed by atoms with Crippen LogP contribution in [0.4, 0.5) is 0 Å². The third-order valence-corrected chi connectivity index (χ3v) is 4.38. The van der Waals surface area contributed by atoms with E-state index in [0.29, 0.717) is 24.3 Å². The molecular weight excluding hydrogens is 294 g/mol. The first-order valence-corrected chi connectivity index (χ1v) is 7.97. The van der Waals surface area contributed by atoms with Crippen molar-refractivity contribution in [1.82, 2.24) is 0 Å². The highest BCUT2D eigenvalue weighted by atomic mass is 16.5. The molecule has 1 aliphatic rings. The average molecular weight is 317 g/mol. The molecule has 1 fully saturated rings. The number of aldehydes is 1. The molecule has 0 amide bonds. The van der Waals surface area contributed by atoms with Crippen LogP contribution in [0, 0.1) is 17.2 Å². The zero-order valence-electron chi connectivity index (χ0n) is 13.4. The normalized spacial score (nSPS) is 20.6. The van der Waals surface area contributed by atoms with Crippen molar-refractivity contribution in [3.8, 4) is 5.75 Å². The van der Waals surface area contributed by atoms with Crippen LogP contribution in [-0.4, -0.2) is 32.2 Å². The van der Waals surface area contributed by atoms with Crippen LogP contribution in [0.15, 0.2) is 18.2 Å². The number of methoxy groups -OCH3 is 1. The van der Waals surface area contributed by atoms with E-state index in [-0.39, 0.29) is 17.8 Å². The number of nitrogens with one attached hydrogen (secondary N) is 1. The van der Waals surface area contributed by atoms with Crippen LogP contribution in [-0.2, 0) is 20.7 Å². The zero-order chi connectivity index (χ0) is 16.7. The van der Waals surface area contributed by atoms with Crippen LogP contribution >= 0.6 is 0 Å². The van der Waals surface area contributed by atoms with Crippen LogP contribution in [0.2, 0.25) is 0 Å². The lowest BCUT2D eigenvalue weighted by Gasteiger charge is -2.23. The second kappa shape index (κ2) is 8.46. The summed E-state index contributed by atoms with van der Waals surface area (Å²) >= 11 is 0. The number of hydrogen-bond donors (Lipinski definition) is 1. The van der Waals surface area contributed by atoms with E-state index in [4.69, 9.17) is 14.9 Å². The smallest absolute Gasteiger partial charge is 0.308 e. The van der Waals surface area contributed by atoms with E-state index >= 15 is 0 Å². The fourth-order valence-electron chi connectivity index (χ4n) is 2.93. The fraction of sp³-hybridized carbons (Fsp3) is 0.500. The minimum atomic E-state index is -0.157. The quantitative estimate of drug-likeness (QED) is 0.476. The standard InChI is InChI=1S/C18H23NO4/c1-22-17-7-4-13(10-16(17)11-19)8-9-23-18(21)15-5-2-14(12-20)3-6-15/h4,7,10-12,14-15,19H,2-3,5-6,8-9H2,1H3. The maximum absolute atomic E-state index is 12.0. The summed E-state index contributed by atoms with van der Waals surface area (Å²) in [6, 6.07) is 5.60. The number of carbonyl (C=O) groups excluding carboxylic acids is 2. The molecule has 0 heterocycles. The lowest BCUT2D eigenvalue weighted by atomic mass is 9.83. The van der Waals surface area contributed by atoms with Crippen molar-refractivity contribution in [2.75, 3.05) is 13.7 Å². The van der Waals surface area contributed by atoms with E-state index in [1.54, 1.807) is 7.11 Å².